The Labute approximate surface area is 128 Å². The molecule has 1 amide bonds. The second kappa shape index (κ2) is 7.60. The highest BCUT2D eigenvalue weighted by Crippen LogP contribution is 2.29. The predicted octanol–water partition coefficient (Wildman–Crippen LogP) is 3.13. The molecule has 0 radical (unpaired) electrons. The summed E-state index contributed by atoms with van der Waals surface area (Å²) in [6.07, 6.45) is 8.13. The molecule has 3 nitrogen and oxygen atoms in total. The van der Waals surface area contributed by atoms with Gasteiger partial charge in [0, 0.05) is 25.6 Å². The lowest BCUT2D eigenvalue weighted by Gasteiger charge is -2.34. The van der Waals surface area contributed by atoms with E-state index < -0.39 is 0 Å². The standard InChI is InChI=1S/C18H28N2O/c1-20(14-8-11-16-9-4-2-5-10-16)17(21)15-18(19)12-6-3-7-13-18/h2,4-5,9-10H,3,6-8,11-15,19H2,1H3. The third-order valence-corrected chi connectivity index (χ3v) is 4.58. The Hall–Kier alpha value is -1.35. The van der Waals surface area contributed by atoms with Crippen LogP contribution in [0.15, 0.2) is 30.3 Å². The third kappa shape index (κ3) is 5.16. The van der Waals surface area contributed by atoms with Gasteiger partial charge in [-0.1, -0.05) is 49.6 Å². The Morgan fingerprint density at radius 3 is 2.52 bits per heavy atom. The molecule has 0 unspecified atom stereocenters. The van der Waals surface area contributed by atoms with Gasteiger partial charge in [-0.2, -0.15) is 0 Å². The Morgan fingerprint density at radius 2 is 1.86 bits per heavy atom. The van der Waals surface area contributed by atoms with Crippen molar-refractivity contribution < 1.29 is 4.79 Å². The van der Waals surface area contributed by atoms with Gasteiger partial charge in [-0.15, -0.1) is 0 Å². The number of carbonyl (C=O) groups excluding carboxylic acids is 1. The molecule has 2 N–H and O–H groups in total. The van der Waals surface area contributed by atoms with Crippen molar-refractivity contribution >= 4 is 5.91 Å². The van der Waals surface area contributed by atoms with E-state index in [4.69, 9.17) is 5.73 Å². The first kappa shape index (κ1) is 16.0. The molecular weight excluding hydrogens is 260 g/mol. The summed E-state index contributed by atoms with van der Waals surface area (Å²) in [7, 11) is 1.90. The van der Waals surface area contributed by atoms with Crippen LogP contribution in [-0.4, -0.2) is 29.9 Å². The van der Waals surface area contributed by atoms with E-state index in [-0.39, 0.29) is 11.4 Å². The quantitative estimate of drug-likeness (QED) is 0.874. The molecule has 0 bridgehead atoms. The summed E-state index contributed by atoms with van der Waals surface area (Å²) >= 11 is 0. The Bertz CT molecular complexity index is 438. The van der Waals surface area contributed by atoms with E-state index in [2.05, 4.69) is 24.3 Å². The van der Waals surface area contributed by atoms with Crippen LogP contribution in [0.25, 0.3) is 0 Å². The number of benzene rings is 1. The van der Waals surface area contributed by atoms with Gasteiger partial charge in [0.15, 0.2) is 0 Å². The van der Waals surface area contributed by atoms with Gasteiger partial charge < -0.3 is 10.6 Å². The number of nitrogens with zero attached hydrogens (tertiary/aromatic N) is 1. The van der Waals surface area contributed by atoms with Crippen LogP contribution < -0.4 is 5.73 Å². The first-order valence-corrected chi connectivity index (χ1v) is 8.16. The summed E-state index contributed by atoms with van der Waals surface area (Å²) in [6.45, 7) is 0.809. The number of carbonyl (C=O) groups is 1. The van der Waals surface area contributed by atoms with Crippen LogP contribution in [0.3, 0.4) is 0 Å². The van der Waals surface area contributed by atoms with E-state index in [1.807, 2.05) is 18.0 Å². The van der Waals surface area contributed by atoms with Crippen molar-refractivity contribution in [3.63, 3.8) is 0 Å². The molecule has 1 aliphatic rings. The number of hydrogen-bond acceptors (Lipinski definition) is 2. The van der Waals surface area contributed by atoms with Crippen molar-refractivity contribution in [3.8, 4) is 0 Å². The highest BCUT2D eigenvalue weighted by Gasteiger charge is 2.30. The monoisotopic (exact) mass is 288 g/mol. The maximum atomic E-state index is 12.3. The van der Waals surface area contributed by atoms with Gasteiger partial charge in [0.05, 0.1) is 0 Å². The topological polar surface area (TPSA) is 46.3 Å². The molecule has 21 heavy (non-hydrogen) atoms. The molecule has 2 rings (SSSR count). The van der Waals surface area contributed by atoms with Crippen LogP contribution in [0, 0.1) is 0 Å². The molecule has 0 atom stereocenters. The average Bonchev–Trinajstić information content (AvgIpc) is 2.48. The maximum absolute atomic E-state index is 12.3. The number of rotatable bonds is 6. The third-order valence-electron chi connectivity index (χ3n) is 4.58. The minimum absolute atomic E-state index is 0.201. The van der Waals surface area contributed by atoms with Crippen LogP contribution in [0.2, 0.25) is 0 Å². The van der Waals surface area contributed by atoms with Crippen LogP contribution in [0.5, 0.6) is 0 Å². The van der Waals surface area contributed by atoms with Gasteiger partial charge in [0.1, 0.15) is 0 Å². The minimum atomic E-state index is -0.247. The van der Waals surface area contributed by atoms with Crippen LogP contribution >= 0.6 is 0 Å². The second-order valence-electron chi connectivity index (χ2n) is 6.50. The number of hydrogen-bond donors (Lipinski definition) is 1. The van der Waals surface area contributed by atoms with Gasteiger partial charge >= 0.3 is 0 Å². The zero-order chi connectivity index (χ0) is 15.1. The molecule has 0 aromatic heterocycles. The molecular formula is C18H28N2O. The summed E-state index contributed by atoms with van der Waals surface area (Å²) in [5, 5.41) is 0. The van der Waals surface area contributed by atoms with Gasteiger partial charge in [-0.3, -0.25) is 4.79 Å². The number of amides is 1. The molecule has 1 aliphatic carbocycles. The minimum Gasteiger partial charge on any atom is -0.346 e. The first-order valence-electron chi connectivity index (χ1n) is 8.16. The molecule has 1 aromatic rings. The van der Waals surface area contributed by atoms with Crippen molar-refractivity contribution in [2.75, 3.05) is 13.6 Å². The zero-order valence-corrected chi connectivity index (χ0v) is 13.2. The van der Waals surface area contributed by atoms with E-state index in [0.717, 1.165) is 32.2 Å². The van der Waals surface area contributed by atoms with Crippen LogP contribution in [0.4, 0.5) is 0 Å². The molecule has 1 fully saturated rings. The van der Waals surface area contributed by atoms with Gasteiger partial charge in [0.2, 0.25) is 5.91 Å². The van der Waals surface area contributed by atoms with Crippen LogP contribution in [0.1, 0.15) is 50.5 Å². The Kier molecular flexibility index (Phi) is 5.80. The summed E-state index contributed by atoms with van der Waals surface area (Å²) in [4.78, 5) is 14.2. The van der Waals surface area contributed by atoms with Gasteiger partial charge in [0.25, 0.3) is 0 Å². The summed E-state index contributed by atoms with van der Waals surface area (Å²) in [5.74, 6) is 0.201. The normalized spacial score (nSPS) is 17.4. The van der Waals surface area contributed by atoms with Crippen LogP contribution in [-0.2, 0) is 11.2 Å². The lowest BCUT2D eigenvalue weighted by Crippen LogP contribution is -2.46. The molecule has 0 aliphatic heterocycles. The molecule has 0 spiro atoms. The highest BCUT2D eigenvalue weighted by molar-refractivity contribution is 5.77. The second-order valence-corrected chi connectivity index (χ2v) is 6.50. The molecule has 3 heteroatoms. The highest BCUT2D eigenvalue weighted by atomic mass is 16.2. The summed E-state index contributed by atoms with van der Waals surface area (Å²) in [5.41, 5.74) is 7.46. The summed E-state index contributed by atoms with van der Waals surface area (Å²) in [6, 6.07) is 10.4. The summed E-state index contributed by atoms with van der Waals surface area (Å²) < 4.78 is 0. The van der Waals surface area contributed by atoms with Gasteiger partial charge in [-0.25, -0.2) is 0 Å². The fraction of sp³-hybridized carbons (Fsp3) is 0.611. The lowest BCUT2D eigenvalue weighted by atomic mass is 9.80. The van der Waals surface area contributed by atoms with E-state index >= 15 is 0 Å². The van der Waals surface area contributed by atoms with Crippen molar-refractivity contribution in [2.45, 2.75) is 56.9 Å². The number of aryl methyl sites for hydroxylation is 1. The Balaban J connectivity index is 1.72. The van der Waals surface area contributed by atoms with E-state index in [0.29, 0.717) is 6.42 Å². The SMILES string of the molecule is CN(CCCc1ccccc1)C(=O)CC1(N)CCCCC1. The number of nitrogens with two attached hydrogens (primary N) is 1. The molecule has 1 saturated carbocycles. The Morgan fingerprint density at radius 1 is 1.19 bits per heavy atom. The fourth-order valence-electron chi connectivity index (χ4n) is 3.16. The van der Waals surface area contributed by atoms with E-state index in [1.165, 1.54) is 24.8 Å². The fourth-order valence-corrected chi connectivity index (χ4v) is 3.16. The predicted molar refractivity (Wildman–Crippen MR) is 87.0 cm³/mol. The van der Waals surface area contributed by atoms with Crippen molar-refractivity contribution in [2.24, 2.45) is 5.73 Å². The first-order chi connectivity index (χ1) is 10.1. The maximum Gasteiger partial charge on any atom is 0.224 e. The molecule has 116 valence electrons. The molecule has 0 heterocycles. The smallest absolute Gasteiger partial charge is 0.224 e. The molecule has 0 saturated heterocycles. The van der Waals surface area contributed by atoms with Crippen molar-refractivity contribution in [1.29, 1.82) is 0 Å². The van der Waals surface area contributed by atoms with Gasteiger partial charge in [-0.05, 0) is 31.2 Å². The molecule has 1 aromatic carbocycles. The van der Waals surface area contributed by atoms with Crippen molar-refractivity contribution in [3.05, 3.63) is 35.9 Å². The van der Waals surface area contributed by atoms with E-state index in [1.54, 1.807) is 0 Å². The van der Waals surface area contributed by atoms with E-state index in [9.17, 15) is 4.79 Å². The zero-order valence-electron chi connectivity index (χ0n) is 13.2. The van der Waals surface area contributed by atoms with Crippen molar-refractivity contribution in [1.82, 2.24) is 4.90 Å². The largest absolute Gasteiger partial charge is 0.346 e. The lowest BCUT2D eigenvalue weighted by molar-refractivity contribution is -0.131. The average molecular weight is 288 g/mol.